The number of phenols is 1. The van der Waals surface area contributed by atoms with Crippen molar-refractivity contribution in [3.63, 3.8) is 0 Å². The minimum Gasteiger partial charge on any atom is -0.508 e. The quantitative estimate of drug-likeness (QED) is 0.519. The summed E-state index contributed by atoms with van der Waals surface area (Å²) in [5.41, 5.74) is 0.801. The highest BCUT2D eigenvalue weighted by molar-refractivity contribution is 5.87. The number of nitrogens with zero attached hydrogens (tertiary/aromatic N) is 1. The van der Waals surface area contributed by atoms with Crippen LogP contribution in [0.3, 0.4) is 0 Å². The normalized spacial score (nSPS) is 10.9. The number of hydrogen-bond donors (Lipinski definition) is 1. The van der Waals surface area contributed by atoms with Crippen LogP contribution in [0.15, 0.2) is 39.5 Å². The first-order valence-corrected chi connectivity index (χ1v) is 5.21. The van der Waals surface area contributed by atoms with Gasteiger partial charge in [-0.05, 0) is 24.3 Å². The lowest BCUT2D eigenvalue weighted by atomic mass is 10.1. The van der Waals surface area contributed by atoms with Crippen LogP contribution in [0.1, 0.15) is 10.4 Å². The Balaban J connectivity index is 2.50. The summed E-state index contributed by atoms with van der Waals surface area (Å²) < 4.78 is 5.48. The van der Waals surface area contributed by atoms with Gasteiger partial charge in [-0.25, -0.2) is 4.98 Å². The van der Waals surface area contributed by atoms with Gasteiger partial charge in [-0.15, -0.1) is 0 Å². The molecule has 1 heterocycles. The van der Waals surface area contributed by atoms with Crippen LogP contribution in [0.5, 0.6) is 5.75 Å². The lowest BCUT2D eigenvalue weighted by molar-refractivity contribution is 0.112. The number of rotatable bonds is 1. The van der Waals surface area contributed by atoms with Gasteiger partial charge in [0.2, 0.25) is 0 Å². The number of aldehydes is 1. The lowest BCUT2D eigenvalue weighted by Crippen LogP contribution is -2.09. The first-order chi connectivity index (χ1) is 8.69. The van der Waals surface area contributed by atoms with Crippen LogP contribution in [0.4, 0.5) is 0 Å². The summed E-state index contributed by atoms with van der Waals surface area (Å²) in [4.78, 5) is 26.7. The van der Waals surface area contributed by atoms with Crippen LogP contribution in [0.2, 0.25) is 0 Å². The number of phenolic OH excluding ortho intramolecular Hbond substituents is 1. The van der Waals surface area contributed by atoms with Crippen LogP contribution in [-0.4, -0.2) is 16.4 Å². The van der Waals surface area contributed by atoms with Crippen molar-refractivity contribution in [3.05, 3.63) is 46.1 Å². The van der Waals surface area contributed by atoms with Crippen molar-refractivity contribution in [3.8, 4) is 17.2 Å². The molecule has 0 saturated heterocycles. The lowest BCUT2D eigenvalue weighted by Gasteiger charge is -2.07. The average molecular weight is 241 g/mol. The monoisotopic (exact) mass is 241 g/mol. The molecule has 5 nitrogen and oxygen atoms in total. The Labute approximate surface area is 101 Å². The molecule has 1 aliphatic carbocycles. The molecule has 0 atom stereocenters. The van der Waals surface area contributed by atoms with Crippen molar-refractivity contribution in [1.29, 1.82) is 0 Å². The SMILES string of the molecule is O=Cc1c2oc3cc(O)ccc3nc-2ccc1=O. The summed E-state index contributed by atoms with van der Waals surface area (Å²) >= 11 is 0. The molecule has 3 rings (SSSR count). The molecular formula is C13H7NO4. The van der Waals surface area contributed by atoms with Crippen LogP contribution >= 0.6 is 0 Å². The second-order valence-electron chi connectivity index (χ2n) is 3.81. The first kappa shape index (κ1) is 10.5. The molecule has 0 amide bonds. The number of carbonyl (C=O) groups excluding carboxylic acids is 1. The van der Waals surface area contributed by atoms with Crippen molar-refractivity contribution in [2.75, 3.05) is 0 Å². The standard InChI is InChI=1S/C13H7NO4/c15-6-8-11(17)4-3-10-13(8)18-12-5-7(16)1-2-9(12)14-10/h1-6,16H. The summed E-state index contributed by atoms with van der Waals surface area (Å²) in [6.45, 7) is 0. The van der Waals surface area contributed by atoms with Gasteiger partial charge in [0.15, 0.2) is 23.1 Å². The minimum absolute atomic E-state index is 0.0262. The second-order valence-corrected chi connectivity index (χ2v) is 3.81. The highest BCUT2D eigenvalue weighted by Crippen LogP contribution is 2.27. The zero-order chi connectivity index (χ0) is 12.7. The number of benzene rings is 2. The molecule has 1 aliphatic heterocycles. The Morgan fingerprint density at radius 1 is 1.22 bits per heavy atom. The third-order valence-electron chi connectivity index (χ3n) is 2.65. The third kappa shape index (κ3) is 1.45. The molecule has 0 unspecified atom stereocenters. The van der Waals surface area contributed by atoms with Gasteiger partial charge < -0.3 is 9.52 Å². The summed E-state index contributed by atoms with van der Waals surface area (Å²) in [5.74, 6) is 0.161. The first-order valence-electron chi connectivity index (χ1n) is 5.21. The molecular weight excluding hydrogens is 234 g/mol. The van der Waals surface area contributed by atoms with Gasteiger partial charge in [0.25, 0.3) is 0 Å². The Hall–Kier alpha value is -2.69. The average Bonchev–Trinajstić information content (AvgIpc) is 2.36. The van der Waals surface area contributed by atoms with Gasteiger partial charge >= 0.3 is 0 Å². The van der Waals surface area contributed by atoms with Gasteiger partial charge in [0.05, 0.1) is 0 Å². The van der Waals surface area contributed by atoms with E-state index in [1.807, 2.05) is 0 Å². The fraction of sp³-hybridized carbons (Fsp3) is 0. The van der Waals surface area contributed by atoms with E-state index in [0.29, 0.717) is 23.1 Å². The van der Waals surface area contributed by atoms with Crippen LogP contribution in [0, 0.1) is 0 Å². The fourth-order valence-corrected chi connectivity index (χ4v) is 1.79. The van der Waals surface area contributed by atoms with Crippen LogP contribution < -0.4 is 5.43 Å². The Kier molecular flexibility index (Phi) is 2.13. The maximum absolute atomic E-state index is 11.5. The number of carbonyl (C=O) groups is 1. The molecule has 2 aliphatic rings. The Morgan fingerprint density at radius 2 is 2.06 bits per heavy atom. The minimum atomic E-state index is -0.414. The summed E-state index contributed by atoms with van der Waals surface area (Å²) in [6, 6.07) is 7.24. The van der Waals surface area contributed by atoms with E-state index in [0.717, 1.165) is 0 Å². The van der Waals surface area contributed by atoms with Gasteiger partial charge in [-0.3, -0.25) is 9.59 Å². The van der Waals surface area contributed by atoms with E-state index in [4.69, 9.17) is 4.42 Å². The Bertz CT molecular complexity index is 791. The molecule has 18 heavy (non-hydrogen) atoms. The van der Waals surface area contributed by atoms with Gasteiger partial charge in [0.1, 0.15) is 22.5 Å². The van der Waals surface area contributed by atoms with E-state index in [1.54, 1.807) is 6.07 Å². The molecule has 1 aromatic carbocycles. The van der Waals surface area contributed by atoms with Crippen molar-refractivity contribution in [1.82, 2.24) is 4.98 Å². The van der Waals surface area contributed by atoms with E-state index >= 15 is 0 Å². The highest BCUT2D eigenvalue weighted by Gasteiger charge is 2.16. The van der Waals surface area contributed by atoms with Crippen LogP contribution in [-0.2, 0) is 0 Å². The zero-order valence-electron chi connectivity index (χ0n) is 9.08. The fourth-order valence-electron chi connectivity index (χ4n) is 1.79. The van der Waals surface area contributed by atoms with E-state index in [1.165, 1.54) is 24.3 Å². The maximum atomic E-state index is 11.5. The zero-order valence-corrected chi connectivity index (χ0v) is 9.08. The van der Waals surface area contributed by atoms with Crippen molar-refractivity contribution in [2.24, 2.45) is 0 Å². The molecule has 5 heteroatoms. The van der Waals surface area contributed by atoms with Crippen molar-refractivity contribution >= 4 is 17.4 Å². The van der Waals surface area contributed by atoms with E-state index in [9.17, 15) is 14.7 Å². The van der Waals surface area contributed by atoms with Crippen molar-refractivity contribution < 1.29 is 14.3 Å². The van der Waals surface area contributed by atoms with E-state index in [2.05, 4.69) is 4.98 Å². The van der Waals surface area contributed by atoms with E-state index < -0.39 is 5.43 Å². The molecule has 0 fully saturated rings. The molecule has 88 valence electrons. The smallest absolute Gasteiger partial charge is 0.193 e. The highest BCUT2D eigenvalue weighted by atomic mass is 16.3. The largest absolute Gasteiger partial charge is 0.508 e. The predicted molar refractivity (Wildman–Crippen MR) is 64.0 cm³/mol. The molecule has 1 N–H and O–H groups in total. The number of hydrogen-bond acceptors (Lipinski definition) is 5. The molecule has 0 spiro atoms. The number of fused-ring (bicyclic) bond motifs is 2. The topological polar surface area (TPSA) is 80.4 Å². The second kappa shape index (κ2) is 3.66. The summed E-state index contributed by atoms with van der Waals surface area (Å²) in [6.07, 6.45) is 0.449. The molecule has 0 bridgehead atoms. The van der Waals surface area contributed by atoms with Gasteiger partial charge in [-0.1, -0.05) is 0 Å². The van der Waals surface area contributed by atoms with E-state index in [-0.39, 0.29) is 17.1 Å². The van der Waals surface area contributed by atoms with Gasteiger partial charge in [-0.2, -0.15) is 0 Å². The molecule has 0 saturated carbocycles. The number of aromatic hydroxyl groups is 1. The molecule has 1 aromatic rings. The van der Waals surface area contributed by atoms with Crippen LogP contribution in [0.25, 0.3) is 22.6 Å². The number of aromatic nitrogens is 1. The predicted octanol–water partition coefficient (Wildman–Crippen LogP) is 1.81. The molecule has 0 radical (unpaired) electrons. The summed E-state index contributed by atoms with van der Waals surface area (Å²) in [7, 11) is 0. The third-order valence-corrected chi connectivity index (χ3v) is 2.65. The summed E-state index contributed by atoms with van der Waals surface area (Å²) in [5, 5.41) is 9.36. The van der Waals surface area contributed by atoms with Gasteiger partial charge in [0, 0.05) is 6.07 Å². The molecule has 0 aromatic heterocycles. The maximum Gasteiger partial charge on any atom is 0.193 e. The van der Waals surface area contributed by atoms with Crippen molar-refractivity contribution in [2.45, 2.75) is 0 Å². The Morgan fingerprint density at radius 3 is 2.83 bits per heavy atom.